The molecule has 0 amide bonds. The molecule has 4 aromatic rings. The number of fused-ring (bicyclic) bond motifs is 8. The van der Waals surface area contributed by atoms with Gasteiger partial charge in [-0.25, -0.2) is 12.4 Å². The summed E-state index contributed by atoms with van der Waals surface area (Å²) in [7, 11) is -3.73. The van der Waals surface area contributed by atoms with Gasteiger partial charge in [-0.15, -0.1) is 0 Å². The van der Waals surface area contributed by atoms with E-state index in [1.54, 1.807) is 16.1 Å². The highest BCUT2D eigenvalue weighted by Crippen LogP contribution is 2.68. The van der Waals surface area contributed by atoms with E-state index in [4.69, 9.17) is 0 Å². The monoisotopic (exact) mass is 429 g/mol. The normalized spacial score (nSPS) is 24.2. The van der Waals surface area contributed by atoms with Crippen LogP contribution in [0.15, 0.2) is 65.6 Å². The van der Waals surface area contributed by atoms with Crippen molar-refractivity contribution >= 4 is 31.8 Å². The van der Waals surface area contributed by atoms with E-state index >= 15 is 0 Å². The summed E-state index contributed by atoms with van der Waals surface area (Å²) in [5, 5.41) is 2.04. The molecule has 2 aliphatic rings. The van der Waals surface area contributed by atoms with Crippen molar-refractivity contribution in [2.24, 2.45) is 5.41 Å². The first-order chi connectivity index (χ1) is 14.7. The second-order valence-corrected chi connectivity index (χ2v) is 12.0. The molecule has 2 aliphatic carbocycles. The molecule has 0 aliphatic heterocycles. The molecule has 0 N–H and O–H groups in total. The Kier molecular flexibility index (Phi) is 3.58. The molecule has 2 atom stereocenters. The Morgan fingerprint density at radius 3 is 2.35 bits per heavy atom. The lowest BCUT2D eigenvalue weighted by molar-refractivity contribution is 0.231. The van der Waals surface area contributed by atoms with Crippen LogP contribution in [0.4, 0.5) is 0 Å². The van der Waals surface area contributed by atoms with Gasteiger partial charge < -0.3 is 0 Å². The number of aryl methyl sites for hydroxylation is 1. The zero-order valence-electron chi connectivity index (χ0n) is 18.4. The van der Waals surface area contributed by atoms with Gasteiger partial charge in [0.2, 0.25) is 0 Å². The van der Waals surface area contributed by atoms with Crippen molar-refractivity contribution < 1.29 is 8.42 Å². The van der Waals surface area contributed by atoms with Crippen LogP contribution in [0.1, 0.15) is 56.2 Å². The molecule has 1 saturated carbocycles. The standard InChI is InChI=1S/C27H27NO2S/c1-17-9-11-18(12-10-17)31(29,30)28-24-8-6-5-7-19(24)20-15-21-22-13-14-27(4,26(22,2)3)23(21)16-25(20)28/h5-12,15-16,22H,13-14H2,1-4H3/t22-,27+/m0/s1. The lowest BCUT2D eigenvalue weighted by atomic mass is 9.69. The molecule has 1 fully saturated rings. The average molecular weight is 430 g/mol. The number of benzene rings is 3. The maximum Gasteiger partial charge on any atom is 0.268 e. The number of hydrogen-bond donors (Lipinski definition) is 0. The van der Waals surface area contributed by atoms with Crippen LogP contribution >= 0.6 is 0 Å². The topological polar surface area (TPSA) is 39.1 Å². The zero-order chi connectivity index (χ0) is 21.8. The fourth-order valence-electron chi connectivity index (χ4n) is 6.36. The summed E-state index contributed by atoms with van der Waals surface area (Å²) >= 11 is 0. The fraction of sp³-hybridized carbons (Fsp3) is 0.333. The highest BCUT2D eigenvalue weighted by Gasteiger charge is 2.59. The molecule has 0 spiro atoms. The maximum atomic E-state index is 13.9. The minimum Gasteiger partial charge on any atom is -0.233 e. The average Bonchev–Trinajstić information content (AvgIpc) is 3.24. The first-order valence-electron chi connectivity index (χ1n) is 11.1. The third kappa shape index (κ3) is 2.21. The maximum absolute atomic E-state index is 13.9. The molecule has 0 unspecified atom stereocenters. The zero-order valence-corrected chi connectivity index (χ0v) is 19.3. The van der Waals surface area contributed by atoms with Gasteiger partial charge in [0, 0.05) is 10.8 Å². The quantitative estimate of drug-likeness (QED) is 0.364. The fourth-order valence-corrected chi connectivity index (χ4v) is 7.88. The molecule has 3 nitrogen and oxygen atoms in total. The van der Waals surface area contributed by atoms with Gasteiger partial charge in [-0.05, 0) is 78.0 Å². The van der Waals surface area contributed by atoms with Crippen LogP contribution in [0.3, 0.4) is 0 Å². The minimum absolute atomic E-state index is 0.0795. The molecule has 3 aromatic carbocycles. The molecule has 31 heavy (non-hydrogen) atoms. The Balaban J connectivity index is 1.73. The third-order valence-corrected chi connectivity index (χ3v) is 10.3. The van der Waals surface area contributed by atoms with Gasteiger partial charge in [0.1, 0.15) is 0 Å². The summed E-state index contributed by atoms with van der Waals surface area (Å²) in [6, 6.07) is 19.5. The number of nitrogens with zero attached hydrogens (tertiary/aromatic N) is 1. The smallest absolute Gasteiger partial charge is 0.233 e. The molecule has 2 bridgehead atoms. The Labute approximate surface area is 183 Å². The molecular formula is C27H27NO2S. The van der Waals surface area contributed by atoms with Gasteiger partial charge in [-0.2, -0.15) is 0 Å². The van der Waals surface area contributed by atoms with E-state index in [2.05, 4.69) is 32.9 Å². The first kappa shape index (κ1) is 19.1. The summed E-state index contributed by atoms with van der Waals surface area (Å²) in [5.41, 5.74) is 5.61. The summed E-state index contributed by atoms with van der Waals surface area (Å²) in [6.45, 7) is 9.10. The van der Waals surface area contributed by atoms with Gasteiger partial charge in [-0.1, -0.05) is 56.7 Å². The van der Waals surface area contributed by atoms with Crippen LogP contribution in [0, 0.1) is 12.3 Å². The van der Waals surface area contributed by atoms with Crippen LogP contribution in [0.25, 0.3) is 21.8 Å². The first-order valence-corrected chi connectivity index (χ1v) is 12.5. The van der Waals surface area contributed by atoms with Gasteiger partial charge >= 0.3 is 0 Å². The van der Waals surface area contributed by atoms with Crippen molar-refractivity contribution in [3.8, 4) is 0 Å². The Morgan fingerprint density at radius 1 is 0.903 bits per heavy atom. The van der Waals surface area contributed by atoms with Crippen molar-refractivity contribution in [3.63, 3.8) is 0 Å². The van der Waals surface area contributed by atoms with Crippen molar-refractivity contribution in [1.29, 1.82) is 0 Å². The second kappa shape index (κ2) is 5.80. The molecule has 158 valence electrons. The summed E-state index contributed by atoms with van der Waals surface area (Å²) in [4.78, 5) is 0.328. The molecule has 1 heterocycles. The Bertz CT molecular complexity index is 1490. The van der Waals surface area contributed by atoms with E-state index in [0.29, 0.717) is 10.8 Å². The lowest BCUT2D eigenvalue weighted by Crippen LogP contribution is -2.31. The molecule has 1 aromatic heterocycles. The largest absolute Gasteiger partial charge is 0.268 e. The van der Waals surface area contributed by atoms with Gasteiger partial charge in [0.25, 0.3) is 10.0 Å². The number of aromatic nitrogens is 1. The molecule has 6 rings (SSSR count). The highest BCUT2D eigenvalue weighted by atomic mass is 32.2. The van der Waals surface area contributed by atoms with E-state index in [0.717, 1.165) is 33.8 Å². The van der Waals surface area contributed by atoms with Crippen LogP contribution in [-0.4, -0.2) is 12.4 Å². The van der Waals surface area contributed by atoms with Crippen molar-refractivity contribution in [2.75, 3.05) is 0 Å². The predicted octanol–water partition coefficient (Wildman–Crippen LogP) is 6.51. The molecule has 0 saturated heterocycles. The van der Waals surface area contributed by atoms with E-state index < -0.39 is 10.0 Å². The van der Waals surface area contributed by atoms with Crippen molar-refractivity contribution in [2.45, 2.75) is 56.8 Å². The number of hydrogen-bond acceptors (Lipinski definition) is 2. The molecule has 0 radical (unpaired) electrons. The molecular weight excluding hydrogens is 402 g/mol. The van der Waals surface area contributed by atoms with Gasteiger partial charge in [0.05, 0.1) is 15.9 Å². The van der Waals surface area contributed by atoms with E-state index in [-0.39, 0.29) is 10.8 Å². The summed E-state index contributed by atoms with van der Waals surface area (Å²) in [5.74, 6) is 0.535. The van der Waals surface area contributed by atoms with E-state index in [9.17, 15) is 8.42 Å². The SMILES string of the molecule is Cc1ccc(S(=O)(=O)n2c3ccccc3c3cc4c(cc32)[C@@]2(C)CC[C@@H]4C2(C)C)cc1. The van der Waals surface area contributed by atoms with Crippen LogP contribution in [-0.2, 0) is 15.4 Å². The lowest BCUT2D eigenvalue weighted by Gasteiger charge is -2.35. The highest BCUT2D eigenvalue weighted by molar-refractivity contribution is 7.90. The van der Waals surface area contributed by atoms with Crippen LogP contribution in [0.2, 0.25) is 0 Å². The number of para-hydroxylation sites is 1. The van der Waals surface area contributed by atoms with E-state index in [1.165, 1.54) is 17.5 Å². The number of rotatable bonds is 2. The second-order valence-electron chi connectivity index (χ2n) is 10.2. The van der Waals surface area contributed by atoms with Crippen LogP contribution in [0.5, 0.6) is 0 Å². The summed E-state index contributed by atoms with van der Waals surface area (Å²) in [6.07, 6.45) is 2.37. The Morgan fingerprint density at radius 2 is 1.61 bits per heavy atom. The van der Waals surface area contributed by atoms with E-state index in [1.807, 2.05) is 43.3 Å². The van der Waals surface area contributed by atoms with Gasteiger partial charge in [0.15, 0.2) is 0 Å². The Hall–Kier alpha value is -2.59. The third-order valence-electron chi connectivity index (χ3n) is 8.56. The van der Waals surface area contributed by atoms with Crippen molar-refractivity contribution in [1.82, 2.24) is 3.97 Å². The predicted molar refractivity (Wildman–Crippen MR) is 126 cm³/mol. The van der Waals surface area contributed by atoms with Gasteiger partial charge in [-0.3, -0.25) is 0 Å². The van der Waals surface area contributed by atoms with Crippen LogP contribution < -0.4 is 0 Å². The van der Waals surface area contributed by atoms with Crippen molar-refractivity contribution in [3.05, 3.63) is 77.4 Å². The minimum atomic E-state index is -3.73. The molecule has 4 heteroatoms. The summed E-state index contributed by atoms with van der Waals surface area (Å²) < 4.78 is 29.3.